The summed E-state index contributed by atoms with van der Waals surface area (Å²) in [4.78, 5) is 27.1. The molecule has 162 valence electrons. The van der Waals surface area contributed by atoms with Gasteiger partial charge in [0, 0.05) is 30.1 Å². The molecule has 0 saturated heterocycles. The van der Waals surface area contributed by atoms with E-state index in [0.717, 1.165) is 53.5 Å². The lowest BCUT2D eigenvalue weighted by atomic mass is 9.67. The summed E-state index contributed by atoms with van der Waals surface area (Å²) in [5.41, 5.74) is 4.64. The smallest absolute Gasteiger partial charge is 0.168 e. The number of Topliss-reactive ketones (excluding diaryl/α,β-unsaturated/α-hetero) is 2. The van der Waals surface area contributed by atoms with E-state index in [9.17, 15) is 9.59 Å². The third-order valence-electron chi connectivity index (χ3n) is 6.43. The normalized spacial score (nSPS) is 19.6. The number of carbonyl (C=O) groups excluding carboxylic acids is 2. The van der Waals surface area contributed by atoms with Crippen molar-refractivity contribution in [3.63, 3.8) is 0 Å². The van der Waals surface area contributed by atoms with Crippen LogP contribution in [0.5, 0.6) is 0 Å². The van der Waals surface area contributed by atoms with Crippen molar-refractivity contribution in [1.82, 2.24) is 0 Å². The molecular formula is C27H36O3. The van der Waals surface area contributed by atoms with Crippen LogP contribution in [0, 0.1) is 38.5 Å². The van der Waals surface area contributed by atoms with Crippen molar-refractivity contribution >= 4 is 11.6 Å². The molecule has 0 bridgehead atoms. The number of ketones is 2. The second-order valence-corrected chi connectivity index (χ2v) is 8.48. The lowest BCUT2D eigenvalue weighted by Crippen LogP contribution is -2.38. The van der Waals surface area contributed by atoms with Crippen LogP contribution in [0.15, 0.2) is 42.5 Å². The van der Waals surface area contributed by atoms with Crippen molar-refractivity contribution in [3.8, 4) is 0 Å². The fourth-order valence-electron chi connectivity index (χ4n) is 4.79. The molecule has 0 spiro atoms. The molecule has 0 amide bonds. The van der Waals surface area contributed by atoms with Gasteiger partial charge in [-0.3, -0.25) is 9.59 Å². The second-order valence-electron chi connectivity index (χ2n) is 8.48. The molecule has 30 heavy (non-hydrogen) atoms. The molecule has 2 aromatic rings. The minimum atomic E-state index is -0.291. The number of hydrogen-bond acceptors (Lipinski definition) is 3. The maximum atomic E-state index is 13.6. The summed E-state index contributed by atoms with van der Waals surface area (Å²) in [7, 11) is 1.64. The number of hydrogen-bond donors (Lipinski definition) is 0. The van der Waals surface area contributed by atoms with Gasteiger partial charge in [0.25, 0.3) is 0 Å². The van der Waals surface area contributed by atoms with Crippen LogP contribution in [0.3, 0.4) is 0 Å². The molecule has 1 aliphatic carbocycles. The van der Waals surface area contributed by atoms with E-state index in [1.807, 2.05) is 63.2 Å². The highest BCUT2D eigenvalue weighted by atomic mass is 16.5. The van der Waals surface area contributed by atoms with Gasteiger partial charge in [-0.05, 0) is 56.7 Å². The molecule has 0 aromatic heterocycles. The molecule has 0 radical (unpaired) electrons. The third-order valence-corrected chi connectivity index (χ3v) is 6.43. The fraction of sp³-hybridized carbons (Fsp3) is 0.481. The number of aryl methyl sites for hydroxylation is 3. The van der Waals surface area contributed by atoms with E-state index in [2.05, 4.69) is 0 Å². The molecule has 0 N–H and O–H groups in total. The summed E-state index contributed by atoms with van der Waals surface area (Å²) < 4.78 is 5.48. The lowest BCUT2D eigenvalue weighted by Gasteiger charge is -2.36. The zero-order valence-electron chi connectivity index (χ0n) is 18.0. The van der Waals surface area contributed by atoms with Crippen LogP contribution < -0.4 is 0 Å². The lowest BCUT2D eigenvalue weighted by molar-refractivity contribution is 0.0494. The Kier molecular flexibility index (Phi) is 8.54. The average Bonchev–Trinajstić information content (AvgIpc) is 2.73. The predicted octanol–water partition coefficient (Wildman–Crippen LogP) is 6.38. The van der Waals surface area contributed by atoms with Crippen LogP contribution in [-0.4, -0.2) is 25.3 Å². The van der Waals surface area contributed by atoms with E-state index in [0.29, 0.717) is 6.61 Å². The Bertz CT molecular complexity index is 883. The van der Waals surface area contributed by atoms with Gasteiger partial charge >= 0.3 is 0 Å². The largest absolute Gasteiger partial charge is 0.384 e. The third kappa shape index (κ3) is 5.07. The Hall–Kier alpha value is -2.26. The molecule has 3 nitrogen and oxygen atoms in total. The number of methoxy groups -OCH3 is 1. The Morgan fingerprint density at radius 2 is 1.63 bits per heavy atom. The van der Waals surface area contributed by atoms with E-state index >= 15 is 0 Å². The maximum absolute atomic E-state index is 13.6. The first-order valence-electron chi connectivity index (χ1n) is 10.6. The highest BCUT2D eigenvalue weighted by Gasteiger charge is 2.40. The summed E-state index contributed by atoms with van der Waals surface area (Å²) >= 11 is 0. The summed E-state index contributed by atoms with van der Waals surface area (Å²) in [6, 6.07) is 13.8. The fourth-order valence-corrected chi connectivity index (χ4v) is 4.79. The molecule has 3 atom stereocenters. The van der Waals surface area contributed by atoms with Gasteiger partial charge in [-0.15, -0.1) is 0 Å². The van der Waals surface area contributed by atoms with Crippen LogP contribution in [0.25, 0.3) is 0 Å². The Morgan fingerprint density at radius 1 is 0.967 bits per heavy atom. The summed E-state index contributed by atoms with van der Waals surface area (Å²) in [6.45, 7) is 6.34. The zero-order valence-corrected chi connectivity index (χ0v) is 18.0. The van der Waals surface area contributed by atoms with Crippen LogP contribution in [0.1, 0.15) is 70.5 Å². The first-order valence-corrected chi connectivity index (χ1v) is 10.6. The van der Waals surface area contributed by atoms with Crippen molar-refractivity contribution in [2.75, 3.05) is 13.7 Å². The summed E-state index contributed by atoms with van der Waals surface area (Å²) in [5, 5.41) is 0. The van der Waals surface area contributed by atoms with Gasteiger partial charge in [0.15, 0.2) is 11.6 Å². The predicted molar refractivity (Wildman–Crippen MR) is 123 cm³/mol. The average molecular weight is 409 g/mol. The van der Waals surface area contributed by atoms with Crippen LogP contribution in [-0.2, 0) is 4.74 Å². The number of rotatable bonds is 7. The second kappa shape index (κ2) is 10.7. The van der Waals surface area contributed by atoms with E-state index in [4.69, 9.17) is 4.74 Å². The van der Waals surface area contributed by atoms with Gasteiger partial charge in [-0.25, -0.2) is 0 Å². The van der Waals surface area contributed by atoms with Gasteiger partial charge in [-0.2, -0.15) is 0 Å². The molecule has 0 heterocycles. The van der Waals surface area contributed by atoms with Crippen molar-refractivity contribution in [2.45, 2.75) is 53.9 Å². The first kappa shape index (κ1) is 24.0. The molecule has 3 rings (SSSR count). The molecular weight excluding hydrogens is 372 g/mol. The standard InChI is InChI=1S/C26H32O3.CH4/c1-17-13-14-19(3)23(15-17)26(28)22-12-8-7-11-21(22)24(16-29-4)25(27)20-10-6-5-9-18(20)2;/h5-6,9-10,13-15,21-22,24H,7-8,11-12,16H2,1-4H3;1H4. The van der Waals surface area contributed by atoms with Crippen molar-refractivity contribution in [3.05, 3.63) is 70.3 Å². The Balaban J connectivity index is 0.00000320. The highest BCUT2D eigenvalue weighted by Crippen LogP contribution is 2.39. The van der Waals surface area contributed by atoms with Crippen molar-refractivity contribution < 1.29 is 14.3 Å². The Labute approximate surface area is 181 Å². The van der Waals surface area contributed by atoms with E-state index in [1.165, 1.54) is 0 Å². The molecule has 0 aliphatic heterocycles. The van der Waals surface area contributed by atoms with E-state index in [1.54, 1.807) is 7.11 Å². The SMILES string of the molecule is C.COCC(C(=O)c1ccccc1C)C1CCCCC1C(=O)c1cc(C)ccc1C. The topological polar surface area (TPSA) is 43.4 Å². The van der Waals surface area contributed by atoms with Gasteiger partial charge in [0.1, 0.15) is 0 Å². The minimum Gasteiger partial charge on any atom is -0.384 e. The molecule has 3 unspecified atom stereocenters. The van der Waals surface area contributed by atoms with E-state index in [-0.39, 0.29) is 36.7 Å². The van der Waals surface area contributed by atoms with Crippen LogP contribution in [0.4, 0.5) is 0 Å². The van der Waals surface area contributed by atoms with Crippen molar-refractivity contribution in [2.24, 2.45) is 17.8 Å². The quantitative estimate of drug-likeness (QED) is 0.499. The maximum Gasteiger partial charge on any atom is 0.168 e. The van der Waals surface area contributed by atoms with Crippen LogP contribution >= 0.6 is 0 Å². The number of benzene rings is 2. The van der Waals surface area contributed by atoms with Gasteiger partial charge in [0.05, 0.1) is 6.61 Å². The zero-order chi connectivity index (χ0) is 21.0. The minimum absolute atomic E-state index is 0. The number of carbonyl (C=O) groups is 2. The van der Waals surface area contributed by atoms with Gasteiger partial charge in [-0.1, -0.05) is 62.2 Å². The molecule has 1 saturated carbocycles. The van der Waals surface area contributed by atoms with E-state index < -0.39 is 0 Å². The monoisotopic (exact) mass is 408 g/mol. The molecule has 1 aliphatic rings. The highest BCUT2D eigenvalue weighted by molar-refractivity contribution is 6.02. The number of ether oxygens (including phenoxy) is 1. The van der Waals surface area contributed by atoms with Gasteiger partial charge in [0.2, 0.25) is 0 Å². The Morgan fingerprint density at radius 3 is 2.33 bits per heavy atom. The van der Waals surface area contributed by atoms with Crippen molar-refractivity contribution in [1.29, 1.82) is 0 Å². The first-order chi connectivity index (χ1) is 13.9. The summed E-state index contributed by atoms with van der Waals surface area (Å²) in [6.07, 6.45) is 3.84. The molecule has 2 aromatic carbocycles. The van der Waals surface area contributed by atoms with Gasteiger partial charge < -0.3 is 4.74 Å². The molecule has 3 heteroatoms. The molecule has 1 fully saturated rings. The summed E-state index contributed by atoms with van der Waals surface area (Å²) in [5.74, 6) is -0.105. The van der Waals surface area contributed by atoms with Crippen LogP contribution in [0.2, 0.25) is 0 Å².